The molecule has 7 nitrogen and oxygen atoms in total. The predicted molar refractivity (Wildman–Crippen MR) is 230 cm³/mol. The van der Waals surface area contributed by atoms with Crippen molar-refractivity contribution < 1.29 is 0 Å². The van der Waals surface area contributed by atoms with Gasteiger partial charge >= 0.3 is 0 Å². The van der Waals surface area contributed by atoms with Crippen LogP contribution in [0.1, 0.15) is 112 Å². The first kappa shape index (κ1) is 42.3. The highest BCUT2D eigenvalue weighted by atomic mass is 32.1. The Hall–Kier alpha value is -5.47. The lowest BCUT2D eigenvalue weighted by atomic mass is 10.0. The van der Waals surface area contributed by atoms with Gasteiger partial charge in [0.05, 0.1) is 5.01 Å². The summed E-state index contributed by atoms with van der Waals surface area (Å²) in [7, 11) is 0. The molecule has 0 N–H and O–H groups in total. The molecule has 7 aromatic rings. The second-order valence-corrected chi connectivity index (χ2v) is 15.5. The molecule has 0 unspecified atom stereocenters. The van der Waals surface area contributed by atoms with E-state index in [0.29, 0.717) is 23.7 Å². The third-order valence-electron chi connectivity index (χ3n) is 8.58. The van der Waals surface area contributed by atoms with Crippen LogP contribution in [0.25, 0.3) is 34.2 Å². The van der Waals surface area contributed by atoms with Crippen LogP contribution in [0.3, 0.4) is 0 Å². The van der Waals surface area contributed by atoms with Crippen LogP contribution in [0.4, 0.5) is 0 Å². The van der Waals surface area contributed by atoms with Crippen molar-refractivity contribution in [1.29, 1.82) is 0 Å². The first-order valence-corrected chi connectivity index (χ1v) is 19.8. The van der Waals surface area contributed by atoms with Gasteiger partial charge in [0.25, 0.3) is 0 Å². The van der Waals surface area contributed by atoms with Crippen molar-refractivity contribution in [3.8, 4) is 34.2 Å². The standard InChI is InChI=1S/2C14H16N2.C13H14N2.C6H9NS/c2*1-10(2)12-4-6-13(7-5-12)14-15-8-11(3)9-16-14;1-10(2)11-4-6-12(7-5-11)13-14-8-3-9-15-13;1-5(2)6-7-3-4-8-6/h2*4-10H,1-3H3;3-10H,1-2H3;3-5H,1-2H3. The van der Waals surface area contributed by atoms with E-state index < -0.39 is 0 Å². The SMILES string of the molecule is CC(C)c1ccc(-c2ncccn2)cc1.CC(C)c1nccs1.Cc1cnc(-c2ccc(C(C)C)cc2)nc1.Cc1cnc(-c2ccc(C(C)C)cc2)nc1. The fourth-order valence-electron chi connectivity index (χ4n) is 5.10. The maximum Gasteiger partial charge on any atom is 0.159 e. The number of aryl methyl sites for hydroxylation is 2. The zero-order valence-corrected chi connectivity index (χ0v) is 34.8. The highest BCUT2D eigenvalue weighted by Gasteiger charge is 2.05. The van der Waals surface area contributed by atoms with Crippen LogP contribution < -0.4 is 0 Å². The monoisotopic (exact) mass is 749 g/mol. The molecule has 0 spiro atoms. The predicted octanol–water partition coefficient (Wildman–Crippen LogP) is 12.7. The summed E-state index contributed by atoms with van der Waals surface area (Å²) >= 11 is 1.72. The van der Waals surface area contributed by atoms with Crippen LogP contribution in [0.2, 0.25) is 0 Å². The summed E-state index contributed by atoms with van der Waals surface area (Å²) < 4.78 is 0. The smallest absolute Gasteiger partial charge is 0.159 e. The van der Waals surface area contributed by atoms with Gasteiger partial charge in [-0.3, -0.25) is 0 Å². The third-order valence-corrected chi connectivity index (χ3v) is 9.66. The molecule has 0 amide bonds. The van der Waals surface area contributed by atoms with Crippen molar-refractivity contribution in [2.45, 2.75) is 92.9 Å². The van der Waals surface area contributed by atoms with Gasteiger partial charge in [0.2, 0.25) is 0 Å². The molecular formula is C47H55N7S. The largest absolute Gasteiger partial charge is 0.249 e. The van der Waals surface area contributed by atoms with E-state index in [-0.39, 0.29) is 0 Å². The number of hydrogen-bond donors (Lipinski definition) is 0. The van der Waals surface area contributed by atoms with Crippen molar-refractivity contribution in [2.75, 3.05) is 0 Å². The quantitative estimate of drug-likeness (QED) is 0.160. The first-order valence-electron chi connectivity index (χ1n) is 19.0. The maximum atomic E-state index is 4.31. The molecule has 3 aromatic carbocycles. The Balaban J connectivity index is 0.000000167. The lowest BCUT2D eigenvalue weighted by Gasteiger charge is -2.06. The molecule has 0 aliphatic rings. The minimum absolute atomic E-state index is 0.563. The molecule has 284 valence electrons. The molecule has 0 aliphatic heterocycles. The van der Waals surface area contributed by atoms with Crippen molar-refractivity contribution in [1.82, 2.24) is 34.9 Å². The number of aromatic nitrogens is 7. The van der Waals surface area contributed by atoms with Crippen molar-refractivity contribution in [2.24, 2.45) is 0 Å². The summed E-state index contributed by atoms with van der Waals surface area (Å²) in [6.45, 7) is 21.4. The number of hydrogen-bond acceptors (Lipinski definition) is 8. The van der Waals surface area contributed by atoms with Crippen LogP contribution in [0.5, 0.6) is 0 Å². The van der Waals surface area contributed by atoms with E-state index in [1.54, 1.807) is 23.7 Å². The summed E-state index contributed by atoms with van der Waals surface area (Å²) in [6, 6.07) is 27.1. The number of benzene rings is 3. The van der Waals surface area contributed by atoms with E-state index in [4.69, 9.17) is 0 Å². The van der Waals surface area contributed by atoms with E-state index >= 15 is 0 Å². The van der Waals surface area contributed by atoms with E-state index in [1.807, 2.05) is 56.3 Å². The summed E-state index contributed by atoms with van der Waals surface area (Å²) in [4.78, 5) is 29.8. The van der Waals surface area contributed by atoms with Gasteiger partial charge in [0, 0.05) is 71.4 Å². The lowest BCUT2D eigenvalue weighted by Crippen LogP contribution is -1.91. The van der Waals surface area contributed by atoms with Gasteiger partial charge in [0.1, 0.15) is 0 Å². The Kier molecular flexibility index (Phi) is 16.5. The van der Waals surface area contributed by atoms with Crippen molar-refractivity contribution in [3.05, 3.63) is 160 Å². The average Bonchev–Trinajstić information content (AvgIpc) is 3.76. The Labute approximate surface area is 332 Å². The van der Waals surface area contributed by atoms with Crippen LogP contribution in [0.15, 0.2) is 128 Å². The van der Waals surface area contributed by atoms with Crippen LogP contribution in [0, 0.1) is 13.8 Å². The molecule has 0 bridgehead atoms. The molecule has 4 heterocycles. The highest BCUT2D eigenvalue weighted by molar-refractivity contribution is 7.09. The van der Waals surface area contributed by atoms with Crippen molar-refractivity contribution in [3.63, 3.8) is 0 Å². The van der Waals surface area contributed by atoms with Crippen LogP contribution in [-0.4, -0.2) is 34.9 Å². The molecule has 8 heteroatoms. The highest BCUT2D eigenvalue weighted by Crippen LogP contribution is 2.22. The summed E-state index contributed by atoms with van der Waals surface area (Å²) in [5.41, 5.74) is 9.42. The lowest BCUT2D eigenvalue weighted by molar-refractivity contribution is 0.852. The second-order valence-electron chi connectivity index (χ2n) is 14.6. The fraction of sp³-hybridized carbons (Fsp3) is 0.298. The molecule has 0 saturated carbocycles. The Morgan fingerprint density at radius 2 is 0.709 bits per heavy atom. The number of nitrogens with zero attached hydrogens (tertiary/aromatic N) is 7. The number of thiazole rings is 1. The van der Waals surface area contributed by atoms with Crippen molar-refractivity contribution >= 4 is 11.3 Å². The molecule has 7 rings (SSSR count). The maximum absolute atomic E-state index is 4.31. The summed E-state index contributed by atoms with van der Waals surface area (Å²) in [5, 5.41) is 3.24. The molecule has 4 aromatic heterocycles. The normalized spacial score (nSPS) is 10.7. The van der Waals surface area contributed by atoms with Gasteiger partial charge in [-0.15, -0.1) is 11.3 Å². The Morgan fingerprint density at radius 3 is 0.964 bits per heavy atom. The average molecular weight is 750 g/mol. The van der Waals surface area contributed by atoms with Crippen LogP contribution >= 0.6 is 11.3 Å². The summed E-state index contributed by atoms with van der Waals surface area (Å²) in [6.07, 6.45) is 12.8. The minimum Gasteiger partial charge on any atom is -0.249 e. The molecule has 0 saturated heterocycles. The molecule has 0 fully saturated rings. The molecule has 0 atom stereocenters. The Morgan fingerprint density at radius 1 is 0.382 bits per heavy atom. The van der Waals surface area contributed by atoms with Gasteiger partial charge < -0.3 is 0 Å². The number of rotatable bonds is 7. The van der Waals surface area contributed by atoms with E-state index in [1.165, 1.54) is 21.7 Å². The van der Waals surface area contributed by atoms with Gasteiger partial charge in [-0.25, -0.2) is 34.9 Å². The molecule has 0 aliphatic carbocycles. The fourth-order valence-corrected chi connectivity index (χ4v) is 5.76. The topological polar surface area (TPSA) is 90.2 Å². The van der Waals surface area contributed by atoms with E-state index in [2.05, 4.69) is 163 Å². The van der Waals surface area contributed by atoms with Gasteiger partial charge in [-0.2, -0.15) is 0 Å². The Bertz CT molecular complexity index is 1980. The van der Waals surface area contributed by atoms with Gasteiger partial charge in [0.15, 0.2) is 17.5 Å². The molecule has 55 heavy (non-hydrogen) atoms. The zero-order valence-electron chi connectivity index (χ0n) is 34.0. The van der Waals surface area contributed by atoms with Gasteiger partial charge in [-0.1, -0.05) is 128 Å². The van der Waals surface area contributed by atoms with E-state index in [9.17, 15) is 0 Å². The first-order chi connectivity index (χ1) is 26.4. The van der Waals surface area contributed by atoms with E-state index in [0.717, 1.165) is 45.3 Å². The second kappa shape index (κ2) is 21.4. The summed E-state index contributed by atoms with van der Waals surface area (Å²) in [5.74, 6) is 4.65. The third kappa shape index (κ3) is 13.7. The van der Waals surface area contributed by atoms with Gasteiger partial charge in [-0.05, 0) is 65.5 Å². The minimum atomic E-state index is 0.563. The van der Waals surface area contributed by atoms with Crippen LogP contribution in [-0.2, 0) is 0 Å². The molecular weight excluding hydrogens is 695 g/mol. The molecule has 0 radical (unpaired) electrons. The zero-order chi connectivity index (χ0) is 39.7.